The van der Waals surface area contributed by atoms with E-state index in [0.29, 0.717) is 29.4 Å². The third-order valence-corrected chi connectivity index (χ3v) is 7.19. The molecule has 0 atom stereocenters. The lowest BCUT2D eigenvalue weighted by Crippen LogP contribution is -1.96. The van der Waals surface area contributed by atoms with Crippen molar-refractivity contribution >= 4 is 38.6 Å². The summed E-state index contributed by atoms with van der Waals surface area (Å²) >= 11 is 3.06. The van der Waals surface area contributed by atoms with E-state index in [9.17, 15) is 0 Å². The van der Waals surface area contributed by atoms with Gasteiger partial charge in [-0.05, 0) is 12.1 Å². The van der Waals surface area contributed by atoms with Crippen molar-refractivity contribution in [3.8, 4) is 38.6 Å². The molecule has 0 saturated heterocycles. The Hall–Kier alpha value is -3.82. The Morgan fingerprint density at radius 2 is 1.94 bits per heavy atom. The summed E-state index contributed by atoms with van der Waals surface area (Å²) in [6.07, 6.45) is 3.81. The molecule has 6 rings (SSSR count). The van der Waals surface area contributed by atoms with Crippen LogP contribution in [-0.2, 0) is 6.61 Å². The highest BCUT2D eigenvalue weighted by atomic mass is 32.1. The van der Waals surface area contributed by atoms with Crippen LogP contribution >= 0.6 is 22.7 Å². The average Bonchev–Trinajstić information content (AvgIpc) is 3.65. The molecule has 34 heavy (non-hydrogen) atoms. The Labute approximate surface area is 202 Å². The van der Waals surface area contributed by atoms with Crippen LogP contribution < -0.4 is 14.2 Å². The number of hydrogen-bond donors (Lipinski definition) is 0. The molecule has 0 bridgehead atoms. The van der Waals surface area contributed by atoms with Gasteiger partial charge in [0.25, 0.3) is 0 Å². The van der Waals surface area contributed by atoms with E-state index in [1.54, 1.807) is 25.6 Å². The third kappa shape index (κ3) is 3.78. The summed E-state index contributed by atoms with van der Waals surface area (Å²) in [4.78, 5) is 10.2. The molecule has 169 valence electrons. The van der Waals surface area contributed by atoms with E-state index in [0.717, 1.165) is 37.4 Å². The largest absolute Gasteiger partial charge is 0.496 e. The molecular weight excluding hydrogens is 470 g/mol. The first-order valence-electron chi connectivity index (χ1n) is 10.4. The van der Waals surface area contributed by atoms with Gasteiger partial charge in [-0.1, -0.05) is 35.6 Å². The summed E-state index contributed by atoms with van der Waals surface area (Å²) in [6, 6.07) is 16.4. The first kappa shape index (κ1) is 20.8. The van der Waals surface area contributed by atoms with Gasteiger partial charge >= 0.3 is 0 Å². The number of benzene rings is 2. The Morgan fingerprint density at radius 3 is 2.74 bits per heavy atom. The normalized spacial score (nSPS) is 11.4. The number of thiazole rings is 2. The SMILES string of the molecule is COc1cc(OCc2csc(-c3cc[c]cc3)n2)c2cc(-c3cn4cc(OC)sc4n3)oc2c1. The standard InChI is InChI=1S/C25H18N3O4S2/c1-29-17-8-20(31-13-16-14-33-24(26-16)15-6-4-3-5-7-15)18-10-22(32-21(18)9-17)19-11-28-12-23(30-2)34-25(28)27-19/h4-12,14H,13H2,1-2H3. The van der Waals surface area contributed by atoms with Crippen molar-refractivity contribution in [2.75, 3.05) is 14.2 Å². The zero-order chi connectivity index (χ0) is 23.1. The van der Waals surface area contributed by atoms with Crippen LogP contribution in [0.5, 0.6) is 16.6 Å². The summed E-state index contributed by atoms with van der Waals surface area (Å²) in [5, 5.41) is 4.61. The lowest BCUT2D eigenvalue weighted by Gasteiger charge is -2.07. The number of furan rings is 1. The first-order valence-corrected chi connectivity index (χ1v) is 12.1. The van der Waals surface area contributed by atoms with E-state index in [1.165, 1.54) is 11.3 Å². The van der Waals surface area contributed by atoms with Crippen LogP contribution in [0.4, 0.5) is 0 Å². The number of fused-ring (bicyclic) bond motifs is 2. The highest BCUT2D eigenvalue weighted by molar-refractivity contribution is 7.18. The highest BCUT2D eigenvalue weighted by Crippen LogP contribution is 2.38. The lowest BCUT2D eigenvalue weighted by atomic mass is 10.2. The minimum absolute atomic E-state index is 0.332. The summed E-state index contributed by atoms with van der Waals surface area (Å²) in [7, 11) is 3.27. The third-order valence-electron chi connectivity index (χ3n) is 5.29. The van der Waals surface area contributed by atoms with E-state index in [1.807, 2.05) is 64.6 Å². The number of ether oxygens (including phenoxy) is 3. The molecule has 0 saturated carbocycles. The molecule has 0 fully saturated rings. The van der Waals surface area contributed by atoms with Crippen LogP contribution in [0.25, 0.3) is 38.0 Å². The van der Waals surface area contributed by atoms with E-state index in [-0.39, 0.29) is 0 Å². The van der Waals surface area contributed by atoms with Crippen molar-refractivity contribution in [3.63, 3.8) is 0 Å². The minimum Gasteiger partial charge on any atom is -0.496 e. The van der Waals surface area contributed by atoms with Crippen LogP contribution in [0, 0.1) is 6.07 Å². The van der Waals surface area contributed by atoms with Crippen molar-refractivity contribution in [2.24, 2.45) is 0 Å². The Balaban J connectivity index is 1.30. The number of methoxy groups -OCH3 is 2. The molecule has 4 heterocycles. The predicted molar refractivity (Wildman–Crippen MR) is 132 cm³/mol. The molecule has 0 aliphatic heterocycles. The van der Waals surface area contributed by atoms with Crippen LogP contribution in [0.2, 0.25) is 0 Å². The Kier molecular flexibility index (Phi) is 5.20. The van der Waals surface area contributed by atoms with Gasteiger partial charge in [0, 0.05) is 29.3 Å². The fourth-order valence-corrected chi connectivity index (χ4v) is 5.22. The van der Waals surface area contributed by atoms with Crippen LogP contribution in [-0.4, -0.2) is 28.6 Å². The molecular formula is C25H18N3O4S2. The average molecular weight is 489 g/mol. The topological polar surface area (TPSA) is 71.0 Å². The number of hydrogen-bond acceptors (Lipinski definition) is 8. The van der Waals surface area contributed by atoms with Gasteiger partial charge < -0.3 is 18.6 Å². The molecule has 0 unspecified atom stereocenters. The van der Waals surface area contributed by atoms with Crippen molar-refractivity contribution in [3.05, 3.63) is 72.0 Å². The van der Waals surface area contributed by atoms with Gasteiger partial charge in [0.1, 0.15) is 34.4 Å². The molecule has 6 aromatic rings. The number of aromatic nitrogens is 3. The quantitative estimate of drug-likeness (QED) is 0.262. The van der Waals surface area contributed by atoms with Gasteiger partial charge in [-0.15, -0.1) is 11.3 Å². The van der Waals surface area contributed by atoms with Crippen LogP contribution in [0.15, 0.2) is 64.7 Å². The second-order valence-corrected chi connectivity index (χ2v) is 9.27. The molecule has 1 radical (unpaired) electrons. The summed E-state index contributed by atoms with van der Waals surface area (Å²) in [5.74, 6) is 1.97. The van der Waals surface area contributed by atoms with Crippen molar-refractivity contribution < 1.29 is 18.6 Å². The summed E-state index contributed by atoms with van der Waals surface area (Å²) in [5.41, 5.74) is 3.32. The van der Waals surface area contributed by atoms with Crippen LogP contribution in [0.1, 0.15) is 5.69 Å². The van der Waals surface area contributed by atoms with Crippen molar-refractivity contribution in [2.45, 2.75) is 6.61 Å². The number of imidazole rings is 1. The maximum Gasteiger partial charge on any atom is 0.197 e. The molecule has 0 amide bonds. The lowest BCUT2D eigenvalue weighted by molar-refractivity contribution is 0.303. The fraction of sp³-hybridized carbons (Fsp3) is 0.120. The molecule has 0 aliphatic rings. The zero-order valence-corrected chi connectivity index (χ0v) is 19.9. The van der Waals surface area contributed by atoms with E-state index >= 15 is 0 Å². The fourth-order valence-electron chi connectivity index (χ4n) is 3.62. The monoisotopic (exact) mass is 488 g/mol. The van der Waals surface area contributed by atoms with Gasteiger partial charge in [-0.3, -0.25) is 4.40 Å². The molecule has 0 N–H and O–H groups in total. The van der Waals surface area contributed by atoms with Crippen molar-refractivity contribution in [1.29, 1.82) is 0 Å². The Bertz CT molecular complexity index is 1570. The van der Waals surface area contributed by atoms with E-state index < -0.39 is 0 Å². The van der Waals surface area contributed by atoms with Gasteiger partial charge in [0.05, 0.1) is 31.5 Å². The Morgan fingerprint density at radius 1 is 1.06 bits per heavy atom. The van der Waals surface area contributed by atoms with Crippen molar-refractivity contribution in [1.82, 2.24) is 14.4 Å². The zero-order valence-electron chi connectivity index (χ0n) is 18.3. The summed E-state index contributed by atoms with van der Waals surface area (Å²) in [6.45, 7) is 0.332. The smallest absolute Gasteiger partial charge is 0.197 e. The minimum atomic E-state index is 0.332. The highest BCUT2D eigenvalue weighted by Gasteiger charge is 2.17. The van der Waals surface area contributed by atoms with Gasteiger partial charge in [0.2, 0.25) is 0 Å². The summed E-state index contributed by atoms with van der Waals surface area (Å²) < 4.78 is 25.0. The molecule has 2 aromatic carbocycles. The molecule has 0 aliphatic carbocycles. The first-order chi connectivity index (χ1) is 16.7. The second-order valence-electron chi connectivity index (χ2n) is 7.44. The van der Waals surface area contributed by atoms with Gasteiger partial charge in [-0.2, -0.15) is 0 Å². The second kappa shape index (κ2) is 8.51. The number of rotatable bonds is 7. The molecule has 7 nitrogen and oxygen atoms in total. The van der Waals surface area contributed by atoms with Crippen LogP contribution in [0.3, 0.4) is 0 Å². The maximum atomic E-state index is 6.18. The predicted octanol–water partition coefficient (Wildman–Crippen LogP) is 6.33. The molecule has 0 spiro atoms. The molecule has 9 heteroatoms. The van der Waals surface area contributed by atoms with E-state index in [4.69, 9.17) is 23.6 Å². The van der Waals surface area contributed by atoms with Gasteiger partial charge in [-0.25, -0.2) is 9.97 Å². The van der Waals surface area contributed by atoms with Gasteiger partial charge in [0.15, 0.2) is 15.8 Å². The maximum absolute atomic E-state index is 6.18. The van der Waals surface area contributed by atoms with E-state index in [2.05, 4.69) is 11.1 Å². The molecule has 4 aromatic heterocycles. The number of nitrogens with zero attached hydrogens (tertiary/aromatic N) is 3.